The van der Waals surface area contributed by atoms with E-state index in [-0.39, 0.29) is 17.9 Å². The quantitative estimate of drug-likeness (QED) is 0.289. The van der Waals surface area contributed by atoms with Crippen LogP contribution < -0.4 is 5.32 Å². The van der Waals surface area contributed by atoms with E-state index in [0.29, 0.717) is 33.0 Å². The summed E-state index contributed by atoms with van der Waals surface area (Å²) in [6, 6.07) is 10.3. The first-order valence-corrected chi connectivity index (χ1v) is 13.6. The minimum Gasteiger partial charge on any atom is -0.411 e. The zero-order valence-electron chi connectivity index (χ0n) is 21.9. The fraction of sp³-hybridized carbons (Fsp3) is 0.621. The molecule has 1 unspecified atom stereocenters. The molecule has 1 aliphatic heterocycles. The van der Waals surface area contributed by atoms with E-state index in [0.717, 1.165) is 44.9 Å². The molecule has 1 aromatic rings. The van der Waals surface area contributed by atoms with Crippen molar-refractivity contribution in [3.8, 4) is 0 Å². The highest BCUT2D eigenvalue weighted by Crippen LogP contribution is 2.47. The number of rotatable bonds is 14. The minimum absolute atomic E-state index is 0.150. The summed E-state index contributed by atoms with van der Waals surface area (Å²) in [6.45, 7) is 7.04. The number of allylic oxidation sites excluding steroid dienone is 1. The van der Waals surface area contributed by atoms with Crippen LogP contribution in [0.15, 0.2) is 54.1 Å². The molecular formula is C29H44BNO4. The summed E-state index contributed by atoms with van der Waals surface area (Å²) in [5, 5.41) is 13.6. The Bertz CT molecular complexity index is 842. The maximum absolute atomic E-state index is 12.2. The number of aliphatic hydroxyl groups is 1. The zero-order valence-corrected chi connectivity index (χ0v) is 21.9. The van der Waals surface area contributed by atoms with Crippen LogP contribution in [-0.2, 0) is 20.5 Å². The molecule has 2 aliphatic rings. The molecule has 0 spiro atoms. The number of hydrogen-bond acceptors (Lipinski definition) is 4. The lowest BCUT2D eigenvalue weighted by Crippen LogP contribution is -2.40. The molecule has 2 bridgehead atoms. The van der Waals surface area contributed by atoms with E-state index in [1.165, 1.54) is 11.1 Å². The lowest BCUT2D eigenvalue weighted by Gasteiger charge is -2.36. The fourth-order valence-corrected chi connectivity index (χ4v) is 5.53. The summed E-state index contributed by atoms with van der Waals surface area (Å²) in [5.74, 6) is 0.738. The predicted octanol–water partition coefficient (Wildman–Crippen LogP) is 5.04. The Morgan fingerprint density at radius 3 is 2.83 bits per heavy atom. The van der Waals surface area contributed by atoms with E-state index in [1.54, 1.807) is 0 Å². The normalized spacial score (nSPS) is 25.9. The number of nitrogens with one attached hydrogen (secondary N) is 1. The lowest BCUT2D eigenvalue weighted by atomic mass is 9.82. The molecule has 3 rings (SSSR count). The third-order valence-corrected chi connectivity index (χ3v) is 7.58. The van der Waals surface area contributed by atoms with Crippen molar-refractivity contribution in [3.05, 3.63) is 59.7 Å². The summed E-state index contributed by atoms with van der Waals surface area (Å²) in [4.78, 5) is 12.2. The molecule has 1 amide bonds. The third kappa shape index (κ3) is 8.33. The van der Waals surface area contributed by atoms with Gasteiger partial charge < -0.3 is 19.7 Å². The van der Waals surface area contributed by atoms with Crippen LogP contribution in [0.1, 0.15) is 77.7 Å². The molecule has 1 aromatic carbocycles. The highest BCUT2D eigenvalue weighted by Gasteiger charge is 2.50. The number of fused-ring (bicyclic) bond motifs is 2. The SMILES string of the molecule is CCCCC(CC=C(C)[C@H]1C[C@@H]2C[C@@]1(/C=C/[C@@H](O)CCc1ccccc1)OBO2)CC(=O)NCC. The lowest BCUT2D eigenvalue weighted by molar-refractivity contribution is -0.121. The van der Waals surface area contributed by atoms with Gasteiger partial charge in [-0.15, -0.1) is 0 Å². The van der Waals surface area contributed by atoms with E-state index < -0.39 is 11.7 Å². The van der Waals surface area contributed by atoms with Gasteiger partial charge in [0.1, 0.15) is 0 Å². The fourth-order valence-electron chi connectivity index (χ4n) is 5.53. The smallest absolute Gasteiger partial charge is 0.411 e. The summed E-state index contributed by atoms with van der Waals surface area (Å²) >= 11 is 0. The average Bonchev–Trinajstić information content (AvgIpc) is 3.13. The van der Waals surface area contributed by atoms with Gasteiger partial charge in [-0.3, -0.25) is 4.79 Å². The summed E-state index contributed by atoms with van der Waals surface area (Å²) in [5.41, 5.74) is 2.12. The van der Waals surface area contributed by atoms with Gasteiger partial charge in [0, 0.05) is 31.4 Å². The molecule has 5 atom stereocenters. The van der Waals surface area contributed by atoms with E-state index in [2.05, 4.69) is 43.4 Å². The molecule has 0 aromatic heterocycles. The first-order valence-electron chi connectivity index (χ1n) is 13.6. The Labute approximate surface area is 212 Å². The van der Waals surface area contributed by atoms with E-state index in [9.17, 15) is 9.90 Å². The molecule has 6 heteroatoms. The van der Waals surface area contributed by atoms with E-state index in [1.807, 2.05) is 31.2 Å². The zero-order chi connectivity index (χ0) is 25.1. The van der Waals surface area contributed by atoms with Crippen LogP contribution in [0.5, 0.6) is 0 Å². The first kappa shape index (κ1) is 27.7. The van der Waals surface area contributed by atoms with Crippen molar-refractivity contribution < 1.29 is 19.2 Å². The van der Waals surface area contributed by atoms with Crippen LogP contribution >= 0.6 is 0 Å². The standard InChI is InChI=1S/C29H44BNO4/c1-4-6-10-24(19-28(33)31-5-2)14-13-22(3)27-20-26-21-29(27,35-30-34-26)18-17-25(32)16-15-23-11-8-7-9-12-23/h7-9,11-13,17-18,24-27,30,32H,4-6,10,14-16,19-21H2,1-3H3,(H,31,33)/b18-17+,22-13?/t24?,25-,26+,27+,29+/m0/s1. The Hall–Kier alpha value is -1.89. The number of aryl methyl sites for hydroxylation is 1. The molecule has 2 N–H and O–H groups in total. The van der Waals surface area contributed by atoms with Gasteiger partial charge in [0.05, 0.1) is 11.7 Å². The van der Waals surface area contributed by atoms with Gasteiger partial charge in [0.2, 0.25) is 5.91 Å². The molecule has 1 saturated carbocycles. The minimum atomic E-state index is -0.504. The van der Waals surface area contributed by atoms with Crippen LogP contribution in [0.2, 0.25) is 0 Å². The van der Waals surface area contributed by atoms with Crippen molar-refractivity contribution in [3.63, 3.8) is 0 Å². The summed E-state index contributed by atoms with van der Waals surface area (Å²) in [6.07, 6.45) is 14.2. The second kappa shape index (κ2) is 14.0. The number of aliphatic hydroxyl groups excluding tert-OH is 1. The number of amides is 1. The molecule has 2 fully saturated rings. The highest BCUT2D eigenvalue weighted by atomic mass is 16.6. The van der Waals surface area contributed by atoms with Crippen molar-refractivity contribution >= 4 is 13.6 Å². The van der Waals surface area contributed by atoms with Gasteiger partial charge in [-0.05, 0) is 57.4 Å². The molecule has 0 radical (unpaired) electrons. The topological polar surface area (TPSA) is 67.8 Å². The Balaban J connectivity index is 1.65. The van der Waals surface area contributed by atoms with Crippen molar-refractivity contribution in [1.82, 2.24) is 5.32 Å². The molecule has 35 heavy (non-hydrogen) atoms. The van der Waals surface area contributed by atoms with Crippen molar-refractivity contribution in [2.24, 2.45) is 11.8 Å². The molecule has 1 heterocycles. The Morgan fingerprint density at radius 1 is 1.29 bits per heavy atom. The van der Waals surface area contributed by atoms with Gasteiger partial charge in [0.25, 0.3) is 0 Å². The number of hydrogen-bond donors (Lipinski definition) is 2. The molecule has 1 saturated heterocycles. The van der Waals surface area contributed by atoms with Gasteiger partial charge in [-0.2, -0.15) is 0 Å². The molecule has 192 valence electrons. The second-order valence-electron chi connectivity index (χ2n) is 10.3. The highest BCUT2D eigenvalue weighted by molar-refractivity contribution is 6.18. The maximum Gasteiger partial charge on any atom is 0.438 e. The number of carbonyl (C=O) groups excluding carboxylic acids is 1. The van der Waals surface area contributed by atoms with Gasteiger partial charge in [-0.25, -0.2) is 0 Å². The van der Waals surface area contributed by atoms with Crippen LogP contribution in [-0.4, -0.2) is 43.1 Å². The van der Waals surface area contributed by atoms with E-state index in [4.69, 9.17) is 9.31 Å². The van der Waals surface area contributed by atoms with Crippen LogP contribution in [0.4, 0.5) is 0 Å². The number of carbonyl (C=O) groups is 1. The average molecular weight is 481 g/mol. The monoisotopic (exact) mass is 481 g/mol. The van der Waals surface area contributed by atoms with Crippen molar-refractivity contribution in [2.75, 3.05) is 6.54 Å². The van der Waals surface area contributed by atoms with E-state index >= 15 is 0 Å². The molecule has 1 aliphatic carbocycles. The first-order chi connectivity index (χ1) is 17.0. The van der Waals surface area contributed by atoms with Crippen LogP contribution in [0, 0.1) is 11.8 Å². The Kier molecular flexibility index (Phi) is 11.1. The maximum atomic E-state index is 12.2. The largest absolute Gasteiger partial charge is 0.438 e. The second-order valence-corrected chi connectivity index (χ2v) is 10.3. The Morgan fingerprint density at radius 2 is 2.09 bits per heavy atom. The van der Waals surface area contributed by atoms with Crippen LogP contribution in [0.3, 0.4) is 0 Å². The summed E-state index contributed by atoms with van der Waals surface area (Å²) in [7, 11) is 0.301. The van der Waals surface area contributed by atoms with Crippen molar-refractivity contribution in [1.29, 1.82) is 0 Å². The number of benzene rings is 1. The third-order valence-electron chi connectivity index (χ3n) is 7.58. The molecular weight excluding hydrogens is 437 g/mol. The van der Waals surface area contributed by atoms with Gasteiger partial charge in [0.15, 0.2) is 0 Å². The summed E-state index contributed by atoms with van der Waals surface area (Å²) < 4.78 is 12.1. The number of unbranched alkanes of at least 4 members (excludes halogenated alkanes) is 1. The van der Waals surface area contributed by atoms with Gasteiger partial charge in [-0.1, -0.05) is 73.9 Å². The predicted molar refractivity (Wildman–Crippen MR) is 143 cm³/mol. The van der Waals surface area contributed by atoms with Crippen LogP contribution in [0.25, 0.3) is 0 Å². The molecule has 5 nitrogen and oxygen atoms in total. The van der Waals surface area contributed by atoms with Gasteiger partial charge >= 0.3 is 7.69 Å². The van der Waals surface area contributed by atoms with Crippen molar-refractivity contribution in [2.45, 2.75) is 96.4 Å².